The van der Waals surface area contributed by atoms with Gasteiger partial charge in [0.2, 0.25) is 7.28 Å². The Labute approximate surface area is 236 Å². The molecule has 1 aromatic heterocycles. The Morgan fingerprint density at radius 3 is 1.74 bits per heavy atom. The second kappa shape index (κ2) is 13.8. The number of hydrogen-bond acceptors (Lipinski definition) is 1. The summed E-state index contributed by atoms with van der Waals surface area (Å²) in [4.78, 5) is 4.80. The van der Waals surface area contributed by atoms with Crippen molar-refractivity contribution in [3.63, 3.8) is 0 Å². The highest BCUT2D eigenvalue weighted by Crippen LogP contribution is 2.31. The Morgan fingerprint density at radius 1 is 0.744 bits per heavy atom. The molecule has 5 aromatic rings. The molecule has 0 radical (unpaired) electrons. The summed E-state index contributed by atoms with van der Waals surface area (Å²) in [6.45, 7) is 2.31. The molecule has 0 N–H and O–H groups in total. The zero-order valence-electron chi connectivity index (χ0n) is 22.9. The topological polar surface area (TPSA) is 17.8 Å². The van der Waals surface area contributed by atoms with Crippen molar-refractivity contribution in [2.24, 2.45) is 0 Å². The molecule has 0 saturated heterocycles. The first-order chi connectivity index (χ1) is 19.3. The van der Waals surface area contributed by atoms with Gasteiger partial charge >= 0.3 is 0 Å². The second-order valence-corrected chi connectivity index (χ2v) is 12.1. The molecule has 0 atom stereocenters. The van der Waals surface area contributed by atoms with E-state index >= 15 is 0 Å². The van der Waals surface area contributed by atoms with Crippen molar-refractivity contribution in [1.82, 2.24) is 9.55 Å². The summed E-state index contributed by atoms with van der Waals surface area (Å²) in [6.07, 6.45) is 8.83. The fourth-order valence-electron chi connectivity index (χ4n) is 5.53. The predicted octanol–water partition coefficient (Wildman–Crippen LogP) is 6.45. The predicted molar refractivity (Wildman–Crippen MR) is 170 cm³/mol. The molecule has 0 aliphatic rings. The van der Waals surface area contributed by atoms with E-state index in [1.807, 2.05) is 6.20 Å². The van der Waals surface area contributed by atoms with E-state index in [0.717, 1.165) is 19.9 Å². The first kappa shape index (κ1) is 26.7. The molecule has 0 bridgehead atoms. The molecule has 0 amide bonds. The number of aromatic nitrogens is 2. The number of imidazole rings is 1. The van der Waals surface area contributed by atoms with Crippen LogP contribution >= 0.6 is 0 Å². The lowest BCUT2D eigenvalue weighted by Crippen LogP contribution is -2.32. The summed E-state index contributed by atoms with van der Waals surface area (Å²) in [7, 11) is 0.623. The van der Waals surface area contributed by atoms with Crippen molar-refractivity contribution in [3.05, 3.63) is 168 Å². The summed E-state index contributed by atoms with van der Waals surface area (Å²) in [5.74, 6) is 0.712. The largest absolute Gasteiger partial charge is 0.347 e. The zero-order valence-corrected chi connectivity index (χ0v) is 24.3. The SMILES string of the molecule is CC(=CC[SiH2]Cn1ccnc1BC(c1ccccc1)c1ccccc1)CC(c1ccccc1)c1ccccc1. The van der Waals surface area contributed by atoms with Gasteiger partial charge < -0.3 is 4.57 Å². The molecule has 0 aliphatic heterocycles. The molecule has 0 saturated carbocycles. The van der Waals surface area contributed by atoms with Gasteiger partial charge in [0.25, 0.3) is 0 Å². The van der Waals surface area contributed by atoms with Gasteiger partial charge in [-0.15, -0.1) is 0 Å². The number of hydrogen-bond donors (Lipinski definition) is 0. The van der Waals surface area contributed by atoms with E-state index in [4.69, 9.17) is 4.98 Å². The summed E-state index contributed by atoms with van der Waals surface area (Å²) in [5.41, 5.74) is 8.15. The molecule has 2 nitrogen and oxygen atoms in total. The van der Waals surface area contributed by atoms with Gasteiger partial charge in [-0.3, -0.25) is 4.98 Å². The van der Waals surface area contributed by atoms with Crippen LogP contribution in [0.3, 0.4) is 0 Å². The average Bonchev–Trinajstić information content (AvgIpc) is 3.45. The van der Waals surface area contributed by atoms with E-state index < -0.39 is 0 Å². The highest BCUT2D eigenvalue weighted by Gasteiger charge is 2.19. The highest BCUT2D eigenvalue weighted by molar-refractivity contribution is 6.54. The smallest absolute Gasteiger partial charge is 0.217 e. The summed E-state index contributed by atoms with van der Waals surface area (Å²) < 4.78 is 2.41. The Balaban J connectivity index is 1.22. The van der Waals surface area contributed by atoms with Crippen LogP contribution in [0.1, 0.15) is 47.3 Å². The van der Waals surface area contributed by atoms with Crippen LogP contribution < -0.4 is 5.72 Å². The molecular weight excluding hydrogens is 487 g/mol. The monoisotopic (exact) mass is 524 g/mol. The van der Waals surface area contributed by atoms with Gasteiger partial charge in [0, 0.05) is 34.0 Å². The van der Waals surface area contributed by atoms with Gasteiger partial charge in [-0.1, -0.05) is 133 Å². The first-order valence-electron chi connectivity index (χ1n) is 14.1. The standard InChI is InChI=1S/C35H37BN2Si/c1-28(26-33(29-14-6-2-7-15-29)30-16-8-3-9-17-30)22-25-39-27-38-24-23-37-35(38)36-34(31-18-10-4-11-19-31)32-20-12-5-13-21-32/h2-24,33-34,36H,25-27,39H2,1H3. The van der Waals surface area contributed by atoms with Crippen LogP contribution in [-0.2, 0) is 6.17 Å². The summed E-state index contributed by atoms with van der Waals surface area (Å²) >= 11 is 0. The fourth-order valence-corrected chi connectivity index (χ4v) is 7.16. The van der Waals surface area contributed by atoms with E-state index in [9.17, 15) is 0 Å². The third-order valence-electron chi connectivity index (χ3n) is 7.62. The van der Waals surface area contributed by atoms with Crippen LogP contribution in [-0.4, -0.2) is 26.4 Å². The summed E-state index contributed by atoms with van der Waals surface area (Å²) in [5, 5.41) is 0. The van der Waals surface area contributed by atoms with Crippen LogP contribution in [0.15, 0.2) is 145 Å². The summed E-state index contributed by atoms with van der Waals surface area (Å²) in [6, 6.07) is 44.8. The van der Waals surface area contributed by atoms with Crippen molar-refractivity contribution in [3.8, 4) is 0 Å². The van der Waals surface area contributed by atoms with E-state index in [0.29, 0.717) is 11.7 Å². The van der Waals surface area contributed by atoms with Crippen molar-refractivity contribution in [2.45, 2.75) is 37.3 Å². The van der Waals surface area contributed by atoms with Gasteiger partial charge in [-0.05, 0) is 47.5 Å². The number of rotatable bonds is 12. The molecule has 0 fully saturated rings. The van der Waals surface area contributed by atoms with E-state index in [-0.39, 0.29) is 9.52 Å². The lowest BCUT2D eigenvalue weighted by Gasteiger charge is -2.19. The molecular formula is C35H37BN2Si. The van der Waals surface area contributed by atoms with Gasteiger partial charge in [0.1, 0.15) is 0 Å². The third-order valence-corrected chi connectivity index (χ3v) is 9.11. The molecule has 4 aromatic carbocycles. The molecule has 39 heavy (non-hydrogen) atoms. The van der Waals surface area contributed by atoms with E-state index in [1.54, 1.807) is 0 Å². The maximum absolute atomic E-state index is 4.80. The molecule has 0 spiro atoms. The van der Waals surface area contributed by atoms with Gasteiger partial charge in [-0.25, -0.2) is 0 Å². The molecule has 0 aliphatic carbocycles. The van der Waals surface area contributed by atoms with Crippen molar-refractivity contribution in [1.29, 1.82) is 0 Å². The van der Waals surface area contributed by atoms with Crippen LogP contribution in [0.4, 0.5) is 0 Å². The maximum Gasteiger partial charge on any atom is 0.217 e. The van der Waals surface area contributed by atoms with Crippen LogP contribution in [0.25, 0.3) is 0 Å². The highest BCUT2D eigenvalue weighted by atomic mass is 28.2. The first-order valence-corrected chi connectivity index (χ1v) is 16.1. The normalized spacial score (nSPS) is 12.0. The van der Waals surface area contributed by atoms with Crippen LogP contribution in [0.5, 0.6) is 0 Å². The zero-order chi connectivity index (χ0) is 26.7. The van der Waals surface area contributed by atoms with Crippen molar-refractivity contribution < 1.29 is 0 Å². The second-order valence-electron chi connectivity index (χ2n) is 10.4. The fraction of sp³-hybridized carbons (Fsp3) is 0.171. The van der Waals surface area contributed by atoms with Crippen molar-refractivity contribution >= 4 is 22.5 Å². The van der Waals surface area contributed by atoms with Gasteiger partial charge in [-0.2, -0.15) is 0 Å². The van der Waals surface area contributed by atoms with E-state index in [2.05, 4.69) is 145 Å². The van der Waals surface area contributed by atoms with Crippen molar-refractivity contribution in [2.75, 3.05) is 0 Å². The Bertz CT molecular complexity index is 1350. The lowest BCUT2D eigenvalue weighted by atomic mass is 9.58. The molecule has 5 rings (SSSR count). The Morgan fingerprint density at radius 2 is 1.23 bits per heavy atom. The number of nitrogens with zero attached hydrogens (tertiary/aromatic N) is 2. The van der Waals surface area contributed by atoms with Crippen LogP contribution in [0, 0.1) is 0 Å². The molecule has 4 heteroatoms. The third kappa shape index (κ3) is 7.36. The molecule has 194 valence electrons. The van der Waals surface area contributed by atoms with Gasteiger partial charge in [0.15, 0.2) is 0 Å². The minimum Gasteiger partial charge on any atom is -0.347 e. The minimum atomic E-state index is -0.294. The minimum absolute atomic E-state index is 0.294. The Kier molecular flexibility index (Phi) is 9.43. The van der Waals surface area contributed by atoms with Crippen LogP contribution in [0.2, 0.25) is 6.04 Å². The van der Waals surface area contributed by atoms with Gasteiger partial charge in [0.05, 0.1) is 5.72 Å². The lowest BCUT2D eigenvalue weighted by molar-refractivity contribution is 0.794. The average molecular weight is 525 g/mol. The molecule has 1 heterocycles. The Hall–Kier alpha value is -3.89. The number of benzene rings is 4. The maximum atomic E-state index is 4.80. The number of allylic oxidation sites excluding steroid dienone is 2. The quantitative estimate of drug-likeness (QED) is 0.104. The molecule has 0 unspecified atom stereocenters. The van der Waals surface area contributed by atoms with E-state index in [1.165, 1.54) is 39.6 Å².